The predicted molar refractivity (Wildman–Crippen MR) is 82.1 cm³/mol. The summed E-state index contributed by atoms with van der Waals surface area (Å²) in [5, 5.41) is 5.36. The van der Waals surface area contributed by atoms with Crippen molar-refractivity contribution in [3.8, 4) is 0 Å². The standard InChI is InChI=1S/C15H17ClN2S/c16-12-2-1-3-13-14(12)19-15(18-13)17-8-11-7-9-4-5-10(11)6-9/h1-3,9-11H,4-8H2,(H,17,18). The minimum absolute atomic E-state index is 0.808. The number of aromatic nitrogens is 1. The van der Waals surface area contributed by atoms with Gasteiger partial charge >= 0.3 is 0 Å². The summed E-state index contributed by atoms with van der Waals surface area (Å²) in [7, 11) is 0. The molecule has 0 amide bonds. The Morgan fingerprint density at radius 3 is 3.00 bits per heavy atom. The monoisotopic (exact) mass is 292 g/mol. The zero-order chi connectivity index (χ0) is 12.8. The highest BCUT2D eigenvalue weighted by molar-refractivity contribution is 7.22. The van der Waals surface area contributed by atoms with Crippen LogP contribution in [0.25, 0.3) is 10.2 Å². The van der Waals surface area contributed by atoms with Crippen molar-refractivity contribution in [2.45, 2.75) is 25.7 Å². The van der Waals surface area contributed by atoms with Gasteiger partial charge in [0.25, 0.3) is 0 Å². The molecular formula is C15H17ClN2S. The summed E-state index contributed by atoms with van der Waals surface area (Å²) in [6.07, 6.45) is 5.81. The maximum atomic E-state index is 6.19. The topological polar surface area (TPSA) is 24.9 Å². The lowest BCUT2D eigenvalue weighted by molar-refractivity contribution is 0.348. The predicted octanol–water partition coefficient (Wildman–Crippen LogP) is 4.80. The number of nitrogens with zero attached hydrogens (tertiary/aromatic N) is 1. The molecule has 2 aliphatic rings. The highest BCUT2D eigenvalue weighted by Crippen LogP contribution is 2.48. The SMILES string of the molecule is Clc1cccc2nc(NCC3CC4CCC3C4)sc12. The Morgan fingerprint density at radius 1 is 1.32 bits per heavy atom. The van der Waals surface area contributed by atoms with E-state index in [4.69, 9.17) is 11.6 Å². The van der Waals surface area contributed by atoms with E-state index in [1.165, 1.54) is 25.7 Å². The van der Waals surface area contributed by atoms with E-state index < -0.39 is 0 Å². The van der Waals surface area contributed by atoms with Gasteiger partial charge in [0, 0.05) is 6.54 Å². The van der Waals surface area contributed by atoms with Crippen molar-refractivity contribution in [2.75, 3.05) is 11.9 Å². The first kappa shape index (κ1) is 12.0. The lowest BCUT2D eigenvalue weighted by atomic mass is 9.89. The van der Waals surface area contributed by atoms with Crippen LogP contribution < -0.4 is 5.32 Å². The van der Waals surface area contributed by atoms with Crippen molar-refractivity contribution >= 4 is 38.3 Å². The minimum Gasteiger partial charge on any atom is -0.361 e. The third-order valence-corrected chi connectivity index (χ3v) is 6.26. The molecule has 0 radical (unpaired) electrons. The molecule has 1 aromatic heterocycles. The lowest BCUT2D eigenvalue weighted by Gasteiger charge is -2.21. The van der Waals surface area contributed by atoms with E-state index in [1.54, 1.807) is 11.3 Å². The van der Waals surface area contributed by atoms with E-state index in [1.807, 2.05) is 18.2 Å². The first-order valence-electron chi connectivity index (χ1n) is 7.08. The highest BCUT2D eigenvalue weighted by Gasteiger charge is 2.39. The number of hydrogen-bond acceptors (Lipinski definition) is 3. The van der Waals surface area contributed by atoms with E-state index in [-0.39, 0.29) is 0 Å². The van der Waals surface area contributed by atoms with Crippen molar-refractivity contribution < 1.29 is 0 Å². The quantitative estimate of drug-likeness (QED) is 0.879. The van der Waals surface area contributed by atoms with Crippen LogP contribution in [-0.2, 0) is 0 Å². The zero-order valence-corrected chi connectivity index (χ0v) is 12.3. The van der Waals surface area contributed by atoms with Crippen LogP contribution in [0.3, 0.4) is 0 Å². The molecule has 4 heteroatoms. The fraction of sp³-hybridized carbons (Fsp3) is 0.533. The van der Waals surface area contributed by atoms with Gasteiger partial charge in [-0.05, 0) is 49.1 Å². The molecule has 2 aromatic rings. The number of hydrogen-bond donors (Lipinski definition) is 1. The number of benzene rings is 1. The van der Waals surface area contributed by atoms with Crippen LogP contribution in [0, 0.1) is 17.8 Å². The number of halogens is 1. The number of thiazole rings is 1. The van der Waals surface area contributed by atoms with Crippen LogP contribution in [0.1, 0.15) is 25.7 Å². The number of anilines is 1. The zero-order valence-electron chi connectivity index (χ0n) is 10.7. The van der Waals surface area contributed by atoms with Crippen molar-refractivity contribution in [1.29, 1.82) is 0 Å². The first-order valence-corrected chi connectivity index (χ1v) is 8.28. The Kier molecular flexibility index (Phi) is 2.92. The Morgan fingerprint density at radius 2 is 2.26 bits per heavy atom. The summed E-state index contributed by atoms with van der Waals surface area (Å²) in [6, 6.07) is 5.92. The molecule has 2 fully saturated rings. The third kappa shape index (κ3) is 2.13. The first-order chi connectivity index (χ1) is 9.29. The largest absolute Gasteiger partial charge is 0.361 e. The van der Waals surface area contributed by atoms with Gasteiger partial charge in [0.15, 0.2) is 5.13 Å². The normalized spacial score (nSPS) is 29.2. The van der Waals surface area contributed by atoms with Gasteiger partial charge in [-0.15, -0.1) is 0 Å². The smallest absolute Gasteiger partial charge is 0.183 e. The molecule has 1 N–H and O–H groups in total. The van der Waals surface area contributed by atoms with Gasteiger partial charge in [0.2, 0.25) is 0 Å². The molecule has 3 unspecified atom stereocenters. The minimum atomic E-state index is 0.808. The number of nitrogens with one attached hydrogen (secondary N) is 1. The summed E-state index contributed by atoms with van der Waals surface area (Å²) in [5.41, 5.74) is 1.01. The van der Waals surface area contributed by atoms with Gasteiger partial charge in [-0.1, -0.05) is 35.4 Å². The number of fused-ring (bicyclic) bond motifs is 3. The average Bonchev–Trinajstić information content (AvgIpc) is 3.11. The molecule has 3 atom stereocenters. The molecule has 0 spiro atoms. The molecule has 2 nitrogen and oxygen atoms in total. The Labute approximate surface area is 122 Å². The average molecular weight is 293 g/mol. The molecule has 0 saturated heterocycles. The Balaban J connectivity index is 1.48. The third-order valence-electron chi connectivity index (χ3n) is 4.77. The highest BCUT2D eigenvalue weighted by atomic mass is 35.5. The van der Waals surface area contributed by atoms with Crippen LogP contribution in [-0.4, -0.2) is 11.5 Å². The second-order valence-electron chi connectivity index (χ2n) is 5.92. The molecule has 2 saturated carbocycles. The molecule has 1 aromatic carbocycles. The lowest BCUT2D eigenvalue weighted by Crippen LogP contribution is -2.19. The van der Waals surface area contributed by atoms with E-state index in [9.17, 15) is 0 Å². The number of rotatable bonds is 3. The molecule has 4 rings (SSSR count). The van der Waals surface area contributed by atoms with Crippen LogP contribution in [0.2, 0.25) is 5.02 Å². The van der Waals surface area contributed by atoms with E-state index in [0.29, 0.717) is 0 Å². The molecule has 1 heterocycles. The molecule has 2 aliphatic carbocycles. The maximum absolute atomic E-state index is 6.19. The van der Waals surface area contributed by atoms with Crippen molar-refractivity contribution in [3.63, 3.8) is 0 Å². The van der Waals surface area contributed by atoms with Crippen molar-refractivity contribution in [1.82, 2.24) is 4.98 Å². The van der Waals surface area contributed by atoms with Gasteiger partial charge in [0.05, 0.1) is 15.2 Å². The van der Waals surface area contributed by atoms with Gasteiger partial charge in [0.1, 0.15) is 0 Å². The van der Waals surface area contributed by atoms with Crippen molar-refractivity contribution in [2.24, 2.45) is 17.8 Å². The molecule has 0 aliphatic heterocycles. The second kappa shape index (κ2) is 4.64. The summed E-state index contributed by atoms with van der Waals surface area (Å²) in [4.78, 5) is 4.62. The van der Waals surface area contributed by atoms with Crippen molar-refractivity contribution in [3.05, 3.63) is 23.2 Å². The summed E-state index contributed by atoms with van der Waals surface area (Å²) >= 11 is 7.86. The Hall–Kier alpha value is -0.800. The van der Waals surface area contributed by atoms with E-state index in [2.05, 4.69) is 10.3 Å². The fourth-order valence-electron chi connectivity index (χ4n) is 3.84. The van der Waals surface area contributed by atoms with E-state index >= 15 is 0 Å². The summed E-state index contributed by atoms with van der Waals surface area (Å²) in [6.45, 7) is 1.08. The van der Waals surface area contributed by atoms with Gasteiger partial charge < -0.3 is 5.32 Å². The van der Waals surface area contributed by atoms with Crippen LogP contribution in [0.4, 0.5) is 5.13 Å². The molecule has 100 valence electrons. The van der Waals surface area contributed by atoms with Gasteiger partial charge in [-0.25, -0.2) is 4.98 Å². The van der Waals surface area contributed by atoms with Crippen LogP contribution in [0.15, 0.2) is 18.2 Å². The summed E-state index contributed by atoms with van der Waals surface area (Å²) in [5.74, 6) is 2.85. The molecule has 19 heavy (non-hydrogen) atoms. The van der Waals surface area contributed by atoms with Gasteiger partial charge in [-0.3, -0.25) is 0 Å². The molecule has 2 bridgehead atoms. The van der Waals surface area contributed by atoms with E-state index in [0.717, 1.165) is 44.7 Å². The summed E-state index contributed by atoms with van der Waals surface area (Å²) < 4.78 is 1.10. The Bertz CT molecular complexity index is 609. The van der Waals surface area contributed by atoms with Crippen LogP contribution >= 0.6 is 22.9 Å². The molecular weight excluding hydrogens is 276 g/mol. The fourth-order valence-corrected chi connectivity index (χ4v) is 5.00. The second-order valence-corrected chi connectivity index (χ2v) is 7.33. The van der Waals surface area contributed by atoms with Gasteiger partial charge in [-0.2, -0.15) is 0 Å². The van der Waals surface area contributed by atoms with Crippen LogP contribution in [0.5, 0.6) is 0 Å². The maximum Gasteiger partial charge on any atom is 0.183 e.